The maximum atomic E-state index is 11.2. The number of phenols is 1. The minimum absolute atomic E-state index is 0.0404. The van der Waals surface area contributed by atoms with E-state index in [2.05, 4.69) is 0 Å². The van der Waals surface area contributed by atoms with E-state index in [-0.39, 0.29) is 17.9 Å². The molecule has 2 N–H and O–H groups in total. The number of aromatic carboxylic acids is 1. The molecule has 1 aliphatic heterocycles. The average molecular weight is 238 g/mol. The Hall–Kier alpha value is -2.24. The van der Waals surface area contributed by atoms with Gasteiger partial charge in [0.1, 0.15) is 17.1 Å². The summed E-state index contributed by atoms with van der Waals surface area (Å²) in [4.78, 5) is 22.1. The molecule has 0 bridgehead atoms. The quantitative estimate of drug-likeness (QED) is 0.756. The number of carbonyl (C=O) groups is 2. The molecule has 1 aromatic rings. The molecule has 6 nitrogen and oxygen atoms in total. The summed E-state index contributed by atoms with van der Waals surface area (Å²) in [6.07, 6.45) is -0.442. The summed E-state index contributed by atoms with van der Waals surface area (Å²) in [7, 11) is 0. The number of carboxylic acids is 1. The largest absolute Gasteiger partial charge is 0.507 e. The second-order valence-corrected chi connectivity index (χ2v) is 3.52. The third kappa shape index (κ3) is 2.15. The summed E-state index contributed by atoms with van der Waals surface area (Å²) >= 11 is 0. The number of hydrogen-bond donors (Lipinski definition) is 2. The van der Waals surface area contributed by atoms with Gasteiger partial charge < -0.3 is 19.7 Å². The van der Waals surface area contributed by atoms with Crippen LogP contribution in [0.3, 0.4) is 0 Å². The van der Waals surface area contributed by atoms with Gasteiger partial charge in [-0.25, -0.2) is 9.59 Å². The van der Waals surface area contributed by atoms with Crippen LogP contribution < -0.4 is 4.74 Å². The highest BCUT2D eigenvalue weighted by Gasteiger charge is 2.30. The molecule has 1 atom stereocenters. The van der Waals surface area contributed by atoms with Crippen molar-refractivity contribution >= 4 is 11.9 Å². The van der Waals surface area contributed by atoms with Gasteiger partial charge in [-0.3, -0.25) is 0 Å². The summed E-state index contributed by atoms with van der Waals surface area (Å²) in [5, 5.41) is 18.4. The maximum Gasteiger partial charge on any atom is 0.347 e. The van der Waals surface area contributed by atoms with Crippen molar-refractivity contribution in [2.75, 3.05) is 6.61 Å². The van der Waals surface area contributed by atoms with Crippen molar-refractivity contribution in [3.8, 4) is 11.5 Å². The number of rotatable bonds is 3. The third-order valence-electron chi connectivity index (χ3n) is 2.37. The molecule has 90 valence electrons. The second-order valence-electron chi connectivity index (χ2n) is 3.52. The molecule has 2 rings (SSSR count). The first-order chi connectivity index (χ1) is 8.09. The zero-order chi connectivity index (χ0) is 12.4. The third-order valence-corrected chi connectivity index (χ3v) is 2.37. The molecule has 1 fully saturated rings. The summed E-state index contributed by atoms with van der Waals surface area (Å²) in [6.45, 7) is 0.255. The molecule has 1 unspecified atom stereocenters. The fourth-order valence-electron chi connectivity index (χ4n) is 1.57. The van der Waals surface area contributed by atoms with Crippen molar-refractivity contribution < 1.29 is 29.3 Å². The molecule has 6 heteroatoms. The van der Waals surface area contributed by atoms with E-state index in [1.165, 1.54) is 18.2 Å². The predicted molar refractivity (Wildman–Crippen MR) is 55.1 cm³/mol. The molecule has 17 heavy (non-hydrogen) atoms. The SMILES string of the molecule is O=C(O)c1c(O)cccc1OC1CCOC1=O. The highest BCUT2D eigenvalue weighted by atomic mass is 16.6. The number of cyclic esters (lactones) is 1. The molecule has 0 spiro atoms. The lowest BCUT2D eigenvalue weighted by Crippen LogP contribution is -2.22. The topological polar surface area (TPSA) is 93.1 Å². The first-order valence-electron chi connectivity index (χ1n) is 4.98. The van der Waals surface area contributed by atoms with Crippen LogP contribution in [-0.4, -0.2) is 34.9 Å². The molecule has 0 amide bonds. The average Bonchev–Trinajstić information content (AvgIpc) is 2.64. The van der Waals surface area contributed by atoms with Crippen LogP contribution in [0.1, 0.15) is 16.8 Å². The van der Waals surface area contributed by atoms with Gasteiger partial charge in [-0.1, -0.05) is 6.07 Å². The van der Waals surface area contributed by atoms with Crippen LogP contribution in [0, 0.1) is 0 Å². The monoisotopic (exact) mass is 238 g/mol. The number of carbonyl (C=O) groups excluding carboxylic acids is 1. The first kappa shape index (κ1) is 11.3. The van der Waals surface area contributed by atoms with Crippen molar-refractivity contribution in [1.82, 2.24) is 0 Å². The van der Waals surface area contributed by atoms with Crippen LogP contribution in [0.15, 0.2) is 18.2 Å². The Kier molecular flexibility index (Phi) is 2.86. The van der Waals surface area contributed by atoms with Crippen molar-refractivity contribution in [2.45, 2.75) is 12.5 Å². The van der Waals surface area contributed by atoms with E-state index in [0.717, 1.165) is 0 Å². The zero-order valence-electron chi connectivity index (χ0n) is 8.75. The van der Waals surface area contributed by atoms with Gasteiger partial charge in [0.15, 0.2) is 6.10 Å². The second kappa shape index (κ2) is 4.32. The summed E-state index contributed by atoms with van der Waals surface area (Å²) in [6, 6.07) is 4.06. The lowest BCUT2D eigenvalue weighted by atomic mass is 10.1. The van der Waals surface area contributed by atoms with Gasteiger partial charge in [0.25, 0.3) is 0 Å². The molecule has 0 aliphatic carbocycles. The Morgan fingerprint density at radius 3 is 2.82 bits per heavy atom. The fraction of sp³-hybridized carbons (Fsp3) is 0.273. The Balaban J connectivity index is 2.29. The van der Waals surface area contributed by atoms with Gasteiger partial charge in [-0.2, -0.15) is 0 Å². The van der Waals surface area contributed by atoms with Gasteiger partial charge >= 0.3 is 11.9 Å². The molecule has 1 heterocycles. The Morgan fingerprint density at radius 1 is 1.47 bits per heavy atom. The Labute approximate surface area is 96.4 Å². The normalized spacial score (nSPS) is 18.8. The van der Waals surface area contributed by atoms with E-state index in [9.17, 15) is 14.7 Å². The number of aromatic hydroxyl groups is 1. The zero-order valence-corrected chi connectivity index (χ0v) is 8.75. The minimum atomic E-state index is -1.32. The van der Waals surface area contributed by atoms with Gasteiger partial charge in [-0.15, -0.1) is 0 Å². The van der Waals surface area contributed by atoms with Crippen molar-refractivity contribution in [2.24, 2.45) is 0 Å². The molecule has 1 aromatic carbocycles. The molecule has 1 aliphatic rings. The highest BCUT2D eigenvalue weighted by molar-refractivity contribution is 5.94. The summed E-state index contributed by atoms with van der Waals surface area (Å²) in [5.41, 5.74) is -0.354. The highest BCUT2D eigenvalue weighted by Crippen LogP contribution is 2.29. The van der Waals surface area contributed by atoms with E-state index in [1.807, 2.05) is 0 Å². The van der Waals surface area contributed by atoms with Crippen LogP contribution in [0.4, 0.5) is 0 Å². The van der Waals surface area contributed by atoms with Crippen molar-refractivity contribution in [3.05, 3.63) is 23.8 Å². The van der Waals surface area contributed by atoms with Crippen molar-refractivity contribution in [1.29, 1.82) is 0 Å². The molecule has 0 radical (unpaired) electrons. The Morgan fingerprint density at radius 2 is 2.24 bits per heavy atom. The molecule has 0 aromatic heterocycles. The summed E-state index contributed by atoms with van der Waals surface area (Å²) < 4.78 is 9.94. The van der Waals surface area contributed by atoms with Crippen LogP contribution in [-0.2, 0) is 9.53 Å². The lowest BCUT2D eigenvalue weighted by Gasteiger charge is -2.12. The van der Waals surface area contributed by atoms with Crippen LogP contribution in [0.25, 0.3) is 0 Å². The molecule has 1 saturated heterocycles. The number of carboxylic acid groups (broad SMARTS) is 1. The maximum absolute atomic E-state index is 11.2. The molecular formula is C11H10O6. The minimum Gasteiger partial charge on any atom is -0.507 e. The number of ether oxygens (including phenoxy) is 2. The van der Waals surface area contributed by atoms with Crippen LogP contribution in [0.2, 0.25) is 0 Å². The smallest absolute Gasteiger partial charge is 0.347 e. The predicted octanol–water partition coefficient (Wildman–Crippen LogP) is 0.785. The summed E-state index contributed by atoms with van der Waals surface area (Å²) in [5.74, 6) is -2.28. The van der Waals surface area contributed by atoms with Gasteiger partial charge in [0.05, 0.1) is 6.61 Å². The van der Waals surface area contributed by atoms with Gasteiger partial charge in [0, 0.05) is 6.42 Å². The molecule has 0 saturated carbocycles. The van der Waals surface area contributed by atoms with Crippen LogP contribution in [0.5, 0.6) is 11.5 Å². The van der Waals surface area contributed by atoms with E-state index in [4.69, 9.17) is 14.6 Å². The van der Waals surface area contributed by atoms with Gasteiger partial charge in [-0.05, 0) is 12.1 Å². The number of hydrogen-bond acceptors (Lipinski definition) is 5. The molecular weight excluding hydrogens is 228 g/mol. The Bertz CT molecular complexity index is 467. The first-order valence-corrected chi connectivity index (χ1v) is 4.98. The number of esters is 1. The van der Waals surface area contributed by atoms with Crippen LogP contribution >= 0.6 is 0 Å². The van der Waals surface area contributed by atoms with E-state index in [1.54, 1.807) is 0 Å². The fourth-order valence-corrected chi connectivity index (χ4v) is 1.57. The number of benzene rings is 1. The van der Waals surface area contributed by atoms with Gasteiger partial charge in [0.2, 0.25) is 0 Å². The van der Waals surface area contributed by atoms with E-state index < -0.39 is 23.8 Å². The van der Waals surface area contributed by atoms with E-state index >= 15 is 0 Å². The van der Waals surface area contributed by atoms with Crippen molar-refractivity contribution in [3.63, 3.8) is 0 Å². The van der Waals surface area contributed by atoms with E-state index in [0.29, 0.717) is 6.42 Å². The lowest BCUT2D eigenvalue weighted by molar-refractivity contribution is -0.143. The standard InChI is InChI=1S/C11H10O6/c12-6-2-1-3-7(9(6)10(13)14)17-8-4-5-16-11(8)15/h1-3,8,12H,4-5H2,(H,13,14).